The minimum absolute atomic E-state index is 0.347. The molecule has 2 rings (SSSR count). The van der Waals surface area contributed by atoms with E-state index in [2.05, 4.69) is 10.0 Å². The lowest BCUT2D eigenvalue weighted by Crippen LogP contribution is -2.29. The Bertz CT molecular complexity index is 465. The molecule has 2 N–H and O–H groups in total. The first-order valence-corrected chi connectivity index (χ1v) is 9.26. The molecule has 0 radical (unpaired) electrons. The van der Waals surface area contributed by atoms with Crippen LogP contribution in [-0.2, 0) is 16.1 Å². The SMILES string of the molecule is CCN1CCCCCC1=O.CSNc1ccc(CNC=O)cc1. The quantitative estimate of drug-likeness (QED) is 0.619. The smallest absolute Gasteiger partial charge is 0.222 e. The summed E-state index contributed by atoms with van der Waals surface area (Å²) in [5.74, 6) is 0.347. The van der Waals surface area contributed by atoms with Gasteiger partial charge in [-0.3, -0.25) is 9.59 Å². The van der Waals surface area contributed by atoms with E-state index in [0.717, 1.165) is 37.2 Å². The topological polar surface area (TPSA) is 61.4 Å². The molecule has 1 saturated heterocycles. The highest BCUT2D eigenvalue weighted by Gasteiger charge is 2.13. The second-order valence-electron chi connectivity index (χ2n) is 5.29. The number of benzene rings is 1. The first-order valence-electron chi connectivity index (χ1n) is 8.04. The highest BCUT2D eigenvalue weighted by Crippen LogP contribution is 2.12. The molecule has 128 valence electrons. The number of anilines is 1. The number of nitrogens with zero attached hydrogens (tertiary/aromatic N) is 1. The van der Waals surface area contributed by atoms with Crippen LogP contribution in [0.1, 0.15) is 38.2 Å². The molecule has 0 aromatic heterocycles. The lowest BCUT2D eigenvalue weighted by molar-refractivity contribution is -0.130. The molecular weight excluding hydrogens is 310 g/mol. The van der Waals surface area contributed by atoms with Crippen LogP contribution in [0.3, 0.4) is 0 Å². The molecule has 2 amide bonds. The molecule has 0 unspecified atom stereocenters. The van der Waals surface area contributed by atoms with Crippen molar-refractivity contribution in [3.63, 3.8) is 0 Å². The van der Waals surface area contributed by atoms with Crippen LogP contribution in [-0.4, -0.2) is 36.6 Å². The summed E-state index contributed by atoms with van der Waals surface area (Å²) in [7, 11) is 0. The van der Waals surface area contributed by atoms with Gasteiger partial charge in [0.05, 0.1) is 0 Å². The zero-order valence-corrected chi connectivity index (χ0v) is 14.8. The van der Waals surface area contributed by atoms with E-state index in [-0.39, 0.29) is 0 Å². The summed E-state index contributed by atoms with van der Waals surface area (Å²) in [6.07, 6.45) is 6.96. The molecule has 6 heteroatoms. The molecule has 5 nitrogen and oxygen atoms in total. The molecule has 0 spiro atoms. The Kier molecular flexibility index (Phi) is 9.95. The van der Waals surface area contributed by atoms with Crippen molar-refractivity contribution in [1.29, 1.82) is 0 Å². The number of nitrogens with one attached hydrogen (secondary N) is 2. The average Bonchev–Trinajstić information content (AvgIpc) is 2.79. The summed E-state index contributed by atoms with van der Waals surface area (Å²) >= 11 is 1.56. The third-order valence-electron chi connectivity index (χ3n) is 3.62. The number of amides is 2. The molecule has 1 aromatic rings. The Morgan fingerprint density at radius 1 is 1.22 bits per heavy atom. The van der Waals surface area contributed by atoms with Gasteiger partial charge in [0.15, 0.2) is 0 Å². The van der Waals surface area contributed by atoms with Crippen molar-refractivity contribution in [2.24, 2.45) is 0 Å². The molecule has 0 saturated carbocycles. The molecule has 0 atom stereocenters. The minimum atomic E-state index is 0.347. The Hall–Kier alpha value is -1.69. The van der Waals surface area contributed by atoms with Crippen molar-refractivity contribution >= 4 is 30.0 Å². The molecule has 0 bridgehead atoms. The van der Waals surface area contributed by atoms with Gasteiger partial charge < -0.3 is 14.9 Å². The van der Waals surface area contributed by atoms with Crippen LogP contribution in [0.2, 0.25) is 0 Å². The van der Waals surface area contributed by atoms with E-state index in [9.17, 15) is 9.59 Å². The molecule has 1 aliphatic heterocycles. The van der Waals surface area contributed by atoms with Gasteiger partial charge >= 0.3 is 0 Å². The average molecular weight is 337 g/mol. The van der Waals surface area contributed by atoms with E-state index in [0.29, 0.717) is 18.9 Å². The summed E-state index contributed by atoms with van der Waals surface area (Å²) in [6.45, 7) is 4.50. The van der Waals surface area contributed by atoms with Gasteiger partial charge in [-0.15, -0.1) is 0 Å². The van der Waals surface area contributed by atoms with Crippen LogP contribution in [0.5, 0.6) is 0 Å². The van der Waals surface area contributed by atoms with Gasteiger partial charge in [-0.25, -0.2) is 0 Å². The molecule has 1 aromatic carbocycles. The van der Waals surface area contributed by atoms with E-state index in [1.54, 1.807) is 11.9 Å². The predicted molar refractivity (Wildman–Crippen MR) is 97.2 cm³/mol. The van der Waals surface area contributed by atoms with Crippen molar-refractivity contribution < 1.29 is 9.59 Å². The Balaban J connectivity index is 0.000000238. The molecular formula is C17H27N3O2S. The van der Waals surface area contributed by atoms with E-state index in [4.69, 9.17) is 0 Å². The number of hydrogen-bond acceptors (Lipinski definition) is 4. The van der Waals surface area contributed by atoms with E-state index in [1.807, 2.05) is 42.3 Å². The van der Waals surface area contributed by atoms with Crippen LogP contribution in [0.15, 0.2) is 24.3 Å². The lowest BCUT2D eigenvalue weighted by Gasteiger charge is -2.17. The van der Waals surface area contributed by atoms with Crippen molar-refractivity contribution in [1.82, 2.24) is 10.2 Å². The van der Waals surface area contributed by atoms with Crippen LogP contribution in [0.4, 0.5) is 5.69 Å². The Morgan fingerprint density at radius 2 is 1.96 bits per heavy atom. The van der Waals surface area contributed by atoms with Crippen molar-refractivity contribution in [3.05, 3.63) is 29.8 Å². The first kappa shape index (κ1) is 19.4. The third kappa shape index (κ3) is 7.93. The van der Waals surface area contributed by atoms with E-state index < -0.39 is 0 Å². The fourth-order valence-corrected chi connectivity index (χ4v) is 2.71. The van der Waals surface area contributed by atoms with Gasteiger partial charge in [-0.05, 0) is 37.5 Å². The molecule has 1 aliphatic rings. The van der Waals surface area contributed by atoms with Crippen molar-refractivity contribution in [2.75, 3.05) is 24.1 Å². The summed E-state index contributed by atoms with van der Waals surface area (Å²) in [5, 5.41) is 2.61. The van der Waals surface area contributed by atoms with Crippen LogP contribution < -0.4 is 10.0 Å². The fraction of sp³-hybridized carbons (Fsp3) is 0.529. The van der Waals surface area contributed by atoms with Gasteiger partial charge in [-0.1, -0.05) is 30.5 Å². The second-order valence-corrected chi connectivity index (χ2v) is 5.90. The Labute approximate surface area is 143 Å². The predicted octanol–water partition coefficient (Wildman–Crippen LogP) is 3.03. The fourth-order valence-electron chi connectivity index (χ4n) is 2.34. The van der Waals surface area contributed by atoms with Crippen molar-refractivity contribution in [3.8, 4) is 0 Å². The molecule has 23 heavy (non-hydrogen) atoms. The number of likely N-dealkylation sites (tertiary alicyclic amines) is 1. The molecule has 1 fully saturated rings. The summed E-state index contributed by atoms with van der Waals surface area (Å²) < 4.78 is 3.12. The van der Waals surface area contributed by atoms with Gasteiger partial charge in [0, 0.05) is 38.0 Å². The highest BCUT2D eigenvalue weighted by molar-refractivity contribution is 7.99. The van der Waals surface area contributed by atoms with Crippen LogP contribution in [0, 0.1) is 0 Å². The zero-order valence-electron chi connectivity index (χ0n) is 14.0. The summed E-state index contributed by atoms with van der Waals surface area (Å²) in [4.78, 5) is 23.1. The van der Waals surface area contributed by atoms with Gasteiger partial charge in [0.1, 0.15) is 0 Å². The second kappa shape index (κ2) is 11.8. The molecule has 0 aliphatic carbocycles. The van der Waals surface area contributed by atoms with Gasteiger partial charge in [0.2, 0.25) is 12.3 Å². The normalized spacial score (nSPS) is 14.3. The molecule has 1 heterocycles. The standard InChI is InChI=1S/C9H12N2OS.C8H15NO/c1-13-11-9-4-2-8(3-5-9)6-10-7-12;1-2-9-7-5-3-4-6-8(9)10/h2-5,7,11H,6H2,1H3,(H,10,12);2-7H2,1H3. The largest absolute Gasteiger partial charge is 0.355 e. The maximum Gasteiger partial charge on any atom is 0.222 e. The van der Waals surface area contributed by atoms with Crippen LogP contribution >= 0.6 is 11.9 Å². The maximum absolute atomic E-state index is 11.2. The third-order valence-corrected chi connectivity index (χ3v) is 4.06. The lowest BCUT2D eigenvalue weighted by atomic mass is 10.2. The minimum Gasteiger partial charge on any atom is -0.355 e. The van der Waals surface area contributed by atoms with E-state index in [1.165, 1.54) is 12.8 Å². The monoisotopic (exact) mass is 337 g/mol. The van der Waals surface area contributed by atoms with Crippen LogP contribution in [0.25, 0.3) is 0 Å². The number of rotatable bonds is 6. The number of hydrogen-bond donors (Lipinski definition) is 2. The number of carbonyl (C=O) groups is 2. The Morgan fingerprint density at radius 3 is 2.57 bits per heavy atom. The first-order chi connectivity index (χ1) is 11.2. The van der Waals surface area contributed by atoms with E-state index >= 15 is 0 Å². The van der Waals surface area contributed by atoms with Gasteiger partial charge in [-0.2, -0.15) is 0 Å². The highest BCUT2D eigenvalue weighted by atomic mass is 32.2. The number of carbonyl (C=O) groups excluding carboxylic acids is 2. The van der Waals surface area contributed by atoms with Crippen molar-refractivity contribution in [2.45, 2.75) is 39.2 Å². The summed E-state index contributed by atoms with van der Waals surface area (Å²) in [5.41, 5.74) is 2.17. The maximum atomic E-state index is 11.2. The zero-order chi connectivity index (χ0) is 16.9. The van der Waals surface area contributed by atoms with Gasteiger partial charge in [0.25, 0.3) is 0 Å². The summed E-state index contributed by atoms with van der Waals surface area (Å²) in [6, 6.07) is 7.93.